The van der Waals surface area contributed by atoms with Crippen LogP contribution in [0.3, 0.4) is 0 Å². The molecule has 1 heterocycles. The van der Waals surface area contributed by atoms with Crippen molar-refractivity contribution in [2.24, 2.45) is 0 Å². The second kappa shape index (κ2) is 7.14. The largest absolute Gasteiger partial charge is 0.340 e. The van der Waals surface area contributed by atoms with Gasteiger partial charge in [-0.15, -0.1) is 11.8 Å². The van der Waals surface area contributed by atoms with Crippen molar-refractivity contribution in [2.45, 2.75) is 30.4 Å². The number of thioether (sulfide) groups is 1. The first kappa shape index (κ1) is 15.4. The van der Waals surface area contributed by atoms with Crippen LogP contribution >= 0.6 is 11.8 Å². The van der Waals surface area contributed by atoms with Crippen LogP contribution in [0, 0.1) is 0 Å². The summed E-state index contributed by atoms with van der Waals surface area (Å²) in [5.74, 6) is 0.252. The average molecular weight is 292 g/mol. The Morgan fingerprint density at radius 1 is 1.15 bits per heavy atom. The van der Waals surface area contributed by atoms with E-state index in [4.69, 9.17) is 0 Å². The van der Waals surface area contributed by atoms with Gasteiger partial charge in [0.15, 0.2) is 0 Å². The van der Waals surface area contributed by atoms with Gasteiger partial charge in [0.25, 0.3) is 0 Å². The van der Waals surface area contributed by atoms with Crippen molar-refractivity contribution in [2.75, 3.05) is 33.2 Å². The molecule has 1 aliphatic heterocycles. The van der Waals surface area contributed by atoms with Crippen LogP contribution in [-0.2, 0) is 11.2 Å². The lowest BCUT2D eigenvalue weighted by Gasteiger charge is -2.32. The standard InChI is InChI=1S/C16H24N2OS/c1-13(2)20-15-6-4-14(5-7-15)12-16(19)18-10-8-17(3)9-11-18/h4-7,13H,8-12H2,1-3H3. The molecule has 0 bridgehead atoms. The lowest BCUT2D eigenvalue weighted by atomic mass is 10.1. The average Bonchev–Trinajstić information content (AvgIpc) is 2.41. The molecule has 0 N–H and O–H groups in total. The Morgan fingerprint density at radius 3 is 2.30 bits per heavy atom. The summed E-state index contributed by atoms with van der Waals surface area (Å²) in [7, 11) is 2.10. The SMILES string of the molecule is CC(C)Sc1ccc(CC(=O)N2CCN(C)CC2)cc1. The molecule has 0 spiro atoms. The van der Waals surface area contributed by atoms with Gasteiger partial charge in [0.05, 0.1) is 6.42 Å². The molecule has 1 aliphatic rings. The molecule has 0 saturated carbocycles. The van der Waals surface area contributed by atoms with E-state index in [2.05, 4.69) is 50.1 Å². The molecule has 1 aromatic carbocycles. The van der Waals surface area contributed by atoms with Crippen LogP contribution in [0.5, 0.6) is 0 Å². The summed E-state index contributed by atoms with van der Waals surface area (Å²) in [6.07, 6.45) is 0.524. The summed E-state index contributed by atoms with van der Waals surface area (Å²) in [4.78, 5) is 17.8. The quantitative estimate of drug-likeness (QED) is 0.797. The summed E-state index contributed by atoms with van der Waals surface area (Å²) in [5, 5.41) is 0.591. The molecule has 1 saturated heterocycles. The summed E-state index contributed by atoms with van der Waals surface area (Å²) in [6, 6.07) is 8.41. The van der Waals surface area contributed by atoms with Crippen LogP contribution in [0.2, 0.25) is 0 Å². The van der Waals surface area contributed by atoms with Gasteiger partial charge in [0.2, 0.25) is 5.91 Å². The molecule has 0 atom stereocenters. The van der Waals surface area contributed by atoms with E-state index in [1.807, 2.05) is 16.7 Å². The zero-order chi connectivity index (χ0) is 14.5. The number of rotatable bonds is 4. The third kappa shape index (κ3) is 4.53. The number of carbonyl (C=O) groups is 1. The minimum atomic E-state index is 0.252. The fourth-order valence-corrected chi connectivity index (χ4v) is 3.14. The molecule has 2 rings (SSSR count). The summed E-state index contributed by atoms with van der Waals surface area (Å²) in [5.41, 5.74) is 1.11. The van der Waals surface area contributed by atoms with Gasteiger partial charge < -0.3 is 9.80 Å². The molecule has 0 unspecified atom stereocenters. The van der Waals surface area contributed by atoms with Gasteiger partial charge in [-0.3, -0.25) is 4.79 Å². The highest BCUT2D eigenvalue weighted by atomic mass is 32.2. The van der Waals surface area contributed by atoms with Crippen molar-refractivity contribution >= 4 is 17.7 Å². The van der Waals surface area contributed by atoms with E-state index in [0.29, 0.717) is 11.7 Å². The maximum atomic E-state index is 12.2. The van der Waals surface area contributed by atoms with Gasteiger partial charge in [-0.1, -0.05) is 26.0 Å². The molecule has 0 aliphatic carbocycles. The Labute approximate surface area is 126 Å². The van der Waals surface area contributed by atoms with Crippen molar-refractivity contribution in [3.8, 4) is 0 Å². The highest BCUT2D eigenvalue weighted by Crippen LogP contribution is 2.23. The summed E-state index contributed by atoms with van der Waals surface area (Å²) in [6.45, 7) is 8.06. The van der Waals surface area contributed by atoms with Gasteiger partial charge in [0.1, 0.15) is 0 Å². The molecule has 20 heavy (non-hydrogen) atoms. The number of piperazine rings is 1. The maximum Gasteiger partial charge on any atom is 0.227 e. The Morgan fingerprint density at radius 2 is 1.75 bits per heavy atom. The number of amides is 1. The predicted molar refractivity (Wildman–Crippen MR) is 85.2 cm³/mol. The first-order valence-electron chi connectivity index (χ1n) is 7.26. The number of carbonyl (C=O) groups excluding carboxylic acids is 1. The van der Waals surface area contributed by atoms with Gasteiger partial charge >= 0.3 is 0 Å². The van der Waals surface area contributed by atoms with Crippen molar-refractivity contribution in [1.82, 2.24) is 9.80 Å². The molecular formula is C16H24N2OS. The van der Waals surface area contributed by atoms with E-state index < -0.39 is 0 Å². The number of benzene rings is 1. The molecule has 1 fully saturated rings. The van der Waals surface area contributed by atoms with Crippen LogP contribution in [0.4, 0.5) is 0 Å². The van der Waals surface area contributed by atoms with Gasteiger partial charge in [-0.05, 0) is 24.7 Å². The Bertz CT molecular complexity index is 436. The van der Waals surface area contributed by atoms with E-state index in [1.165, 1.54) is 4.90 Å². The highest BCUT2D eigenvalue weighted by Gasteiger charge is 2.18. The smallest absolute Gasteiger partial charge is 0.227 e. The van der Waals surface area contributed by atoms with Crippen LogP contribution in [-0.4, -0.2) is 54.2 Å². The first-order valence-corrected chi connectivity index (χ1v) is 8.14. The molecule has 4 heteroatoms. The lowest BCUT2D eigenvalue weighted by Crippen LogP contribution is -2.47. The van der Waals surface area contributed by atoms with Crippen molar-refractivity contribution < 1.29 is 4.79 Å². The monoisotopic (exact) mass is 292 g/mol. The third-order valence-corrected chi connectivity index (χ3v) is 4.52. The Hall–Kier alpha value is -1.00. The van der Waals surface area contributed by atoms with Crippen molar-refractivity contribution in [1.29, 1.82) is 0 Å². The van der Waals surface area contributed by atoms with E-state index in [0.717, 1.165) is 31.7 Å². The number of nitrogens with zero attached hydrogens (tertiary/aromatic N) is 2. The first-order chi connectivity index (χ1) is 9.54. The number of hydrogen-bond acceptors (Lipinski definition) is 3. The third-order valence-electron chi connectivity index (χ3n) is 3.51. The van der Waals surface area contributed by atoms with E-state index in [-0.39, 0.29) is 5.91 Å². The van der Waals surface area contributed by atoms with Crippen molar-refractivity contribution in [3.05, 3.63) is 29.8 Å². The van der Waals surface area contributed by atoms with Crippen LogP contribution in [0.15, 0.2) is 29.2 Å². The molecule has 3 nitrogen and oxygen atoms in total. The molecule has 0 radical (unpaired) electrons. The molecule has 1 amide bonds. The fraction of sp³-hybridized carbons (Fsp3) is 0.562. The van der Waals surface area contributed by atoms with Crippen LogP contribution in [0.1, 0.15) is 19.4 Å². The van der Waals surface area contributed by atoms with Crippen LogP contribution in [0.25, 0.3) is 0 Å². The molecular weight excluding hydrogens is 268 g/mol. The van der Waals surface area contributed by atoms with E-state index in [9.17, 15) is 4.79 Å². The van der Waals surface area contributed by atoms with E-state index >= 15 is 0 Å². The molecule has 110 valence electrons. The second-order valence-corrected chi connectivity index (χ2v) is 7.32. The topological polar surface area (TPSA) is 23.6 Å². The summed E-state index contributed by atoms with van der Waals surface area (Å²) >= 11 is 1.85. The molecule has 1 aromatic rings. The number of likely N-dealkylation sites (N-methyl/N-ethyl adjacent to an activating group) is 1. The minimum absolute atomic E-state index is 0.252. The maximum absolute atomic E-state index is 12.2. The Kier molecular flexibility index (Phi) is 5.49. The van der Waals surface area contributed by atoms with Crippen LogP contribution < -0.4 is 0 Å². The zero-order valence-corrected chi connectivity index (χ0v) is 13.4. The molecule has 0 aromatic heterocycles. The zero-order valence-electron chi connectivity index (χ0n) is 12.6. The van der Waals surface area contributed by atoms with Crippen molar-refractivity contribution in [3.63, 3.8) is 0 Å². The second-order valence-electron chi connectivity index (χ2n) is 5.67. The predicted octanol–water partition coefficient (Wildman–Crippen LogP) is 2.50. The fourth-order valence-electron chi connectivity index (χ4n) is 2.30. The Balaban J connectivity index is 1.88. The van der Waals surface area contributed by atoms with E-state index in [1.54, 1.807) is 0 Å². The minimum Gasteiger partial charge on any atom is -0.340 e. The normalized spacial score (nSPS) is 16.7. The van der Waals surface area contributed by atoms with Gasteiger partial charge in [-0.2, -0.15) is 0 Å². The summed E-state index contributed by atoms with van der Waals surface area (Å²) < 4.78 is 0. The van der Waals surface area contributed by atoms with Gasteiger partial charge in [0, 0.05) is 36.3 Å². The van der Waals surface area contributed by atoms with Gasteiger partial charge in [-0.25, -0.2) is 0 Å². The highest BCUT2D eigenvalue weighted by molar-refractivity contribution is 7.99. The lowest BCUT2D eigenvalue weighted by molar-refractivity contribution is -0.132. The number of hydrogen-bond donors (Lipinski definition) is 0.